The largest absolute Gasteiger partial charge is 0.456 e. The zero-order valence-corrected chi connectivity index (χ0v) is 27.6. The number of rotatable bonds is 5. The molecule has 0 amide bonds. The summed E-state index contributed by atoms with van der Waals surface area (Å²) in [6, 6.07) is 56.8. The van der Waals surface area contributed by atoms with Crippen LogP contribution in [0, 0.1) is 0 Å². The van der Waals surface area contributed by atoms with Gasteiger partial charge < -0.3 is 4.42 Å². The van der Waals surface area contributed by atoms with E-state index in [1.807, 2.05) is 53.8 Å². The molecular formula is C45H27N3OS. The lowest BCUT2D eigenvalue weighted by Crippen LogP contribution is -2.00. The van der Waals surface area contributed by atoms with Crippen molar-refractivity contribution in [1.29, 1.82) is 0 Å². The van der Waals surface area contributed by atoms with Crippen LogP contribution in [-0.4, -0.2) is 15.0 Å². The number of benzene rings is 7. The van der Waals surface area contributed by atoms with Crippen LogP contribution in [0.15, 0.2) is 168 Å². The second kappa shape index (κ2) is 11.6. The van der Waals surface area contributed by atoms with Crippen molar-refractivity contribution in [2.24, 2.45) is 0 Å². The van der Waals surface area contributed by atoms with Crippen molar-refractivity contribution in [2.45, 2.75) is 0 Å². The molecule has 0 saturated carbocycles. The average Bonchev–Trinajstić information content (AvgIpc) is 3.76. The molecule has 0 unspecified atom stereocenters. The Bertz CT molecular complexity index is 2870. The summed E-state index contributed by atoms with van der Waals surface area (Å²) in [5.74, 6) is 1.84. The Balaban J connectivity index is 1.11. The third-order valence-corrected chi connectivity index (χ3v) is 10.5. The van der Waals surface area contributed by atoms with Gasteiger partial charge in [-0.05, 0) is 64.7 Å². The fourth-order valence-corrected chi connectivity index (χ4v) is 8.00. The van der Waals surface area contributed by atoms with Gasteiger partial charge in [0, 0.05) is 47.6 Å². The van der Waals surface area contributed by atoms with E-state index in [1.165, 1.54) is 25.7 Å². The van der Waals surface area contributed by atoms with Crippen LogP contribution in [0.25, 0.3) is 98.5 Å². The van der Waals surface area contributed by atoms with E-state index >= 15 is 0 Å². The molecule has 234 valence electrons. The van der Waals surface area contributed by atoms with Crippen LogP contribution in [0.3, 0.4) is 0 Å². The van der Waals surface area contributed by atoms with Gasteiger partial charge in [0.2, 0.25) is 0 Å². The van der Waals surface area contributed by atoms with Crippen molar-refractivity contribution in [2.75, 3.05) is 0 Å². The van der Waals surface area contributed by atoms with Gasteiger partial charge in [-0.15, -0.1) is 11.3 Å². The van der Waals surface area contributed by atoms with E-state index in [4.69, 9.17) is 19.4 Å². The molecule has 0 aliphatic rings. The molecule has 0 spiro atoms. The normalized spacial score (nSPS) is 11.6. The summed E-state index contributed by atoms with van der Waals surface area (Å²) in [6.45, 7) is 0. The van der Waals surface area contributed by atoms with Crippen LogP contribution in [0.5, 0.6) is 0 Å². The zero-order chi connectivity index (χ0) is 33.0. The average molecular weight is 658 g/mol. The lowest BCUT2D eigenvalue weighted by molar-refractivity contribution is 0.669. The number of aromatic nitrogens is 3. The quantitative estimate of drug-likeness (QED) is 0.185. The number of nitrogens with zero attached hydrogens (tertiary/aromatic N) is 3. The van der Waals surface area contributed by atoms with E-state index in [2.05, 4.69) is 121 Å². The van der Waals surface area contributed by atoms with E-state index in [9.17, 15) is 0 Å². The van der Waals surface area contributed by atoms with Gasteiger partial charge >= 0.3 is 0 Å². The SMILES string of the molecule is c1ccc(-c2cccc(-c3nc(-c4ccccc4)nc(-c4ccc5c(c4)oc4cccc(-c6ccc7sc8ccccc8c7c6)c45)n3)c2)cc1. The minimum absolute atomic E-state index is 0.594. The van der Waals surface area contributed by atoms with E-state index in [0.29, 0.717) is 17.5 Å². The molecule has 5 heteroatoms. The summed E-state index contributed by atoms with van der Waals surface area (Å²) >= 11 is 1.84. The Morgan fingerprint density at radius 1 is 0.360 bits per heavy atom. The van der Waals surface area contributed by atoms with Gasteiger partial charge in [-0.2, -0.15) is 0 Å². The predicted octanol–water partition coefficient (Wildman–Crippen LogP) is 12.5. The molecule has 0 fully saturated rings. The van der Waals surface area contributed by atoms with Crippen molar-refractivity contribution in [1.82, 2.24) is 15.0 Å². The summed E-state index contributed by atoms with van der Waals surface area (Å²) in [5.41, 5.74) is 8.94. The lowest BCUT2D eigenvalue weighted by Gasteiger charge is -2.10. The first kappa shape index (κ1) is 28.6. The summed E-state index contributed by atoms with van der Waals surface area (Å²) in [7, 11) is 0. The van der Waals surface area contributed by atoms with Crippen molar-refractivity contribution in [3.05, 3.63) is 164 Å². The van der Waals surface area contributed by atoms with Crippen LogP contribution >= 0.6 is 11.3 Å². The number of furan rings is 1. The first-order valence-electron chi connectivity index (χ1n) is 16.6. The molecule has 0 saturated heterocycles. The topological polar surface area (TPSA) is 51.8 Å². The highest BCUT2D eigenvalue weighted by Crippen LogP contribution is 2.41. The van der Waals surface area contributed by atoms with Crippen molar-refractivity contribution in [3.63, 3.8) is 0 Å². The van der Waals surface area contributed by atoms with Crippen LogP contribution < -0.4 is 0 Å². The molecule has 0 atom stereocenters. The Labute approximate surface area is 292 Å². The number of hydrogen-bond acceptors (Lipinski definition) is 5. The highest BCUT2D eigenvalue weighted by molar-refractivity contribution is 7.25. The number of thiophene rings is 1. The van der Waals surface area contributed by atoms with Crippen LogP contribution in [0.4, 0.5) is 0 Å². The highest BCUT2D eigenvalue weighted by Gasteiger charge is 2.17. The van der Waals surface area contributed by atoms with Crippen molar-refractivity contribution in [3.8, 4) is 56.4 Å². The van der Waals surface area contributed by atoms with E-state index in [1.54, 1.807) is 0 Å². The fourth-order valence-electron chi connectivity index (χ4n) is 6.92. The summed E-state index contributed by atoms with van der Waals surface area (Å²) in [4.78, 5) is 15.0. The monoisotopic (exact) mass is 657 g/mol. The maximum absolute atomic E-state index is 6.54. The van der Waals surface area contributed by atoms with E-state index in [-0.39, 0.29) is 0 Å². The number of fused-ring (bicyclic) bond motifs is 6. The molecule has 4 nitrogen and oxygen atoms in total. The van der Waals surface area contributed by atoms with Crippen molar-refractivity contribution < 1.29 is 4.42 Å². The molecular weight excluding hydrogens is 631 g/mol. The maximum Gasteiger partial charge on any atom is 0.164 e. The molecule has 50 heavy (non-hydrogen) atoms. The van der Waals surface area contributed by atoms with Gasteiger partial charge in [0.05, 0.1) is 0 Å². The van der Waals surface area contributed by atoms with Crippen LogP contribution in [0.2, 0.25) is 0 Å². The molecule has 3 aromatic heterocycles. The summed E-state index contributed by atoms with van der Waals surface area (Å²) in [5, 5.41) is 4.74. The molecule has 7 aromatic carbocycles. The Hall–Kier alpha value is -6.43. The zero-order valence-electron chi connectivity index (χ0n) is 26.7. The van der Waals surface area contributed by atoms with Gasteiger partial charge in [-0.3, -0.25) is 0 Å². The third-order valence-electron chi connectivity index (χ3n) is 9.34. The van der Waals surface area contributed by atoms with Gasteiger partial charge in [-0.25, -0.2) is 15.0 Å². The van der Waals surface area contributed by atoms with Gasteiger partial charge in [0.1, 0.15) is 11.2 Å². The fraction of sp³-hybridized carbons (Fsp3) is 0. The van der Waals surface area contributed by atoms with Crippen LogP contribution in [-0.2, 0) is 0 Å². The Morgan fingerprint density at radius 2 is 0.980 bits per heavy atom. The maximum atomic E-state index is 6.54. The lowest BCUT2D eigenvalue weighted by atomic mass is 9.97. The minimum atomic E-state index is 0.594. The molecule has 10 rings (SSSR count). The van der Waals surface area contributed by atoms with Gasteiger partial charge in [0.25, 0.3) is 0 Å². The smallest absolute Gasteiger partial charge is 0.164 e. The number of hydrogen-bond donors (Lipinski definition) is 0. The molecule has 0 N–H and O–H groups in total. The highest BCUT2D eigenvalue weighted by atomic mass is 32.1. The Morgan fingerprint density at radius 3 is 1.80 bits per heavy atom. The van der Waals surface area contributed by atoms with Gasteiger partial charge in [0.15, 0.2) is 17.5 Å². The molecule has 0 bridgehead atoms. The summed E-state index contributed by atoms with van der Waals surface area (Å²) in [6.07, 6.45) is 0. The van der Waals surface area contributed by atoms with Crippen LogP contribution in [0.1, 0.15) is 0 Å². The molecule has 10 aromatic rings. The second-order valence-electron chi connectivity index (χ2n) is 12.4. The summed E-state index contributed by atoms with van der Waals surface area (Å²) < 4.78 is 9.14. The predicted molar refractivity (Wildman–Crippen MR) is 207 cm³/mol. The third kappa shape index (κ3) is 4.87. The first-order chi connectivity index (χ1) is 24.7. The van der Waals surface area contributed by atoms with Gasteiger partial charge in [-0.1, -0.05) is 121 Å². The molecule has 0 aliphatic carbocycles. The Kier molecular flexibility index (Phi) is 6.64. The van der Waals surface area contributed by atoms with Crippen molar-refractivity contribution >= 4 is 53.4 Å². The molecule has 0 aliphatic heterocycles. The first-order valence-corrected chi connectivity index (χ1v) is 17.4. The molecule has 3 heterocycles. The standard InChI is InChI=1S/C45H27N3OS/c1-3-11-28(12-4-1)30-15-9-16-32(25-30)44-46-43(29-13-5-2-6-14-29)47-45(48-44)33-21-23-36-39(27-33)49-38-19-10-18-34(42(36)38)31-22-24-41-37(26-31)35-17-7-8-20-40(35)50-41/h1-27H. The van der Waals surface area contributed by atoms with E-state index < -0.39 is 0 Å². The minimum Gasteiger partial charge on any atom is -0.456 e. The van der Waals surface area contributed by atoms with E-state index in [0.717, 1.165) is 55.3 Å². The second-order valence-corrected chi connectivity index (χ2v) is 13.5. The molecule has 0 radical (unpaired) electrons.